The van der Waals surface area contributed by atoms with Gasteiger partial charge in [0.25, 0.3) is 0 Å². The van der Waals surface area contributed by atoms with Crippen LogP contribution in [0.25, 0.3) is 0 Å². The second kappa shape index (κ2) is 5.97. The lowest BCUT2D eigenvalue weighted by Gasteiger charge is -2.08. The highest BCUT2D eigenvalue weighted by Gasteiger charge is 2.12. The van der Waals surface area contributed by atoms with Gasteiger partial charge in [-0.25, -0.2) is 8.42 Å². The Hall–Kier alpha value is -2.34. The Balaban J connectivity index is 2.10. The predicted octanol–water partition coefficient (Wildman–Crippen LogP) is 2.04. The van der Waals surface area contributed by atoms with E-state index in [9.17, 15) is 13.2 Å². The summed E-state index contributed by atoms with van der Waals surface area (Å²) in [6.45, 7) is 1.94. The number of nitrogens with one attached hydrogen (secondary N) is 1. The summed E-state index contributed by atoms with van der Waals surface area (Å²) in [6.07, 6.45) is 0. The van der Waals surface area contributed by atoms with E-state index in [1.807, 2.05) is 19.1 Å². The number of carbonyl (C=O) groups excluding carboxylic acids is 1. The molecule has 0 radical (unpaired) electrons. The fourth-order valence-electron chi connectivity index (χ4n) is 1.82. The van der Waals surface area contributed by atoms with Crippen LogP contribution >= 0.6 is 0 Å². The SMILES string of the molecule is Cc1ccc(CS(=O)(=O)Nc2ccc(C(N)=O)cc2)cc1. The van der Waals surface area contributed by atoms with Crippen molar-refractivity contribution < 1.29 is 13.2 Å². The van der Waals surface area contributed by atoms with Crippen molar-refractivity contribution in [2.75, 3.05) is 4.72 Å². The average molecular weight is 304 g/mol. The molecule has 21 heavy (non-hydrogen) atoms. The number of hydrogen-bond donors (Lipinski definition) is 2. The molecule has 0 spiro atoms. The third-order valence-electron chi connectivity index (χ3n) is 2.92. The third kappa shape index (κ3) is 4.32. The molecule has 0 unspecified atom stereocenters. The molecule has 6 heteroatoms. The molecule has 2 aromatic carbocycles. The number of benzene rings is 2. The van der Waals surface area contributed by atoms with Gasteiger partial charge in [-0.2, -0.15) is 0 Å². The van der Waals surface area contributed by atoms with Gasteiger partial charge in [-0.05, 0) is 36.8 Å². The summed E-state index contributed by atoms with van der Waals surface area (Å²) in [5.41, 5.74) is 7.64. The van der Waals surface area contributed by atoms with Crippen molar-refractivity contribution in [1.29, 1.82) is 0 Å². The number of rotatable bonds is 5. The summed E-state index contributed by atoms with van der Waals surface area (Å²) in [5.74, 6) is -0.658. The lowest BCUT2D eigenvalue weighted by Crippen LogP contribution is -2.15. The van der Waals surface area contributed by atoms with Crippen molar-refractivity contribution in [1.82, 2.24) is 0 Å². The molecule has 110 valence electrons. The number of carbonyl (C=O) groups is 1. The molecule has 1 amide bonds. The van der Waals surface area contributed by atoms with E-state index >= 15 is 0 Å². The first-order valence-corrected chi connectivity index (χ1v) is 7.97. The van der Waals surface area contributed by atoms with Gasteiger partial charge >= 0.3 is 0 Å². The highest BCUT2D eigenvalue weighted by molar-refractivity contribution is 7.91. The molecule has 0 bridgehead atoms. The van der Waals surface area contributed by atoms with Gasteiger partial charge in [-0.15, -0.1) is 0 Å². The molecule has 0 atom stereocenters. The van der Waals surface area contributed by atoms with Gasteiger partial charge in [0.15, 0.2) is 0 Å². The molecule has 5 nitrogen and oxygen atoms in total. The van der Waals surface area contributed by atoms with Crippen LogP contribution in [0.5, 0.6) is 0 Å². The van der Waals surface area contributed by atoms with E-state index in [1.165, 1.54) is 24.3 Å². The highest BCUT2D eigenvalue weighted by atomic mass is 32.2. The minimum absolute atomic E-state index is 0.106. The monoisotopic (exact) mass is 304 g/mol. The number of aryl methyl sites for hydroxylation is 1. The molecular weight excluding hydrogens is 288 g/mol. The zero-order chi connectivity index (χ0) is 15.5. The van der Waals surface area contributed by atoms with Gasteiger partial charge in [0.1, 0.15) is 0 Å². The second-order valence-electron chi connectivity index (χ2n) is 4.79. The Bertz CT molecular complexity index is 735. The summed E-state index contributed by atoms with van der Waals surface area (Å²) in [6, 6.07) is 13.3. The highest BCUT2D eigenvalue weighted by Crippen LogP contribution is 2.14. The largest absolute Gasteiger partial charge is 0.366 e. The Morgan fingerprint density at radius 3 is 2.14 bits per heavy atom. The van der Waals surface area contributed by atoms with Crippen LogP contribution in [0.1, 0.15) is 21.5 Å². The van der Waals surface area contributed by atoms with Crippen molar-refractivity contribution in [2.24, 2.45) is 5.73 Å². The number of hydrogen-bond acceptors (Lipinski definition) is 3. The van der Waals surface area contributed by atoms with Crippen LogP contribution in [0.15, 0.2) is 48.5 Å². The molecule has 0 heterocycles. The third-order valence-corrected chi connectivity index (χ3v) is 4.18. The molecule has 0 aliphatic carbocycles. The Labute approximate surface area is 123 Å². The van der Waals surface area contributed by atoms with E-state index < -0.39 is 15.9 Å². The molecule has 2 rings (SSSR count). The first-order valence-electron chi connectivity index (χ1n) is 6.32. The molecule has 0 aliphatic rings. The van der Waals surface area contributed by atoms with Crippen molar-refractivity contribution in [3.05, 3.63) is 65.2 Å². The molecular formula is C15H16N2O3S. The fourth-order valence-corrected chi connectivity index (χ4v) is 3.02. The molecule has 0 aliphatic heterocycles. The van der Waals surface area contributed by atoms with Crippen LogP contribution in [0.3, 0.4) is 0 Å². The number of primary amides is 1. The maximum Gasteiger partial charge on any atom is 0.248 e. The van der Waals surface area contributed by atoms with Crippen LogP contribution in [-0.4, -0.2) is 14.3 Å². The standard InChI is InChI=1S/C15H16N2O3S/c1-11-2-4-12(5-3-11)10-21(19,20)17-14-8-6-13(7-9-14)15(16)18/h2-9,17H,10H2,1H3,(H2,16,18). The van der Waals surface area contributed by atoms with Crippen LogP contribution < -0.4 is 10.5 Å². The Kier molecular flexibility index (Phi) is 4.28. The van der Waals surface area contributed by atoms with E-state index in [0.717, 1.165) is 5.56 Å². The van der Waals surface area contributed by atoms with E-state index in [0.29, 0.717) is 16.8 Å². The lowest BCUT2D eigenvalue weighted by atomic mass is 10.2. The molecule has 0 saturated carbocycles. The second-order valence-corrected chi connectivity index (χ2v) is 6.51. The van der Waals surface area contributed by atoms with E-state index in [1.54, 1.807) is 12.1 Å². The maximum absolute atomic E-state index is 12.1. The van der Waals surface area contributed by atoms with Gasteiger partial charge in [0.05, 0.1) is 5.75 Å². The first kappa shape index (κ1) is 15.1. The fraction of sp³-hybridized carbons (Fsp3) is 0.133. The number of amides is 1. The van der Waals surface area contributed by atoms with Crippen molar-refractivity contribution >= 4 is 21.6 Å². The van der Waals surface area contributed by atoms with E-state index in [4.69, 9.17) is 5.73 Å². The normalized spacial score (nSPS) is 11.1. The smallest absolute Gasteiger partial charge is 0.248 e. The summed E-state index contributed by atoms with van der Waals surface area (Å²) in [7, 11) is -3.50. The Morgan fingerprint density at radius 2 is 1.62 bits per heavy atom. The maximum atomic E-state index is 12.1. The van der Waals surface area contributed by atoms with Crippen molar-refractivity contribution in [3.8, 4) is 0 Å². The van der Waals surface area contributed by atoms with Crippen molar-refractivity contribution in [2.45, 2.75) is 12.7 Å². The number of nitrogens with two attached hydrogens (primary N) is 1. The van der Waals surface area contributed by atoms with Crippen molar-refractivity contribution in [3.63, 3.8) is 0 Å². The average Bonchev–Trinajstić information content (AvgIpc) is 2.41. The summed E-state index contributed by atoms with van der Waals surface area (Å²) < 4.78 is 26.6. The minimum Gasteiger partial charge on any atom is -0.366 e. The zero-order valence-electron chi connectivity index (χ0n) is 11.5. The van der Waals surface area contributed by atoms with Crippen LogP contribution in [0.4, 0.5) is 5.69 Å². The summed E-state index contributed by atoms with van der Waals surface area (Å²) in [5, 5.41) is 0. The topological polar surface area (TPSA) is 89.3 Å². The predicted molar refractivity (Wildman–Crippen MR) is 82.4 cm³/mol. The Morgan fingerprint density at radius 1 is 1.05 bits per heavy atom. The quantitative estimate of drug-likeness (QED) is 0.885. The molecule has 0 saturated heterocycles. The van der Waals surface area contributed by atoms with Gasteiger partial charge in [-0.3, -0.25) is 9.52 Å². The number of sulfonamides is 1. The number of anilines is 1. The van der Waals surface area contributed by atoms with Gasteiger partial charge < -0.3 is 5.73 Å². The molecule has 3 N–H and O–H groups in total. The molecule has 0 aromatic heterocycles. The summed E-state index contributed by atoms with van der Waals surface area (Å²) >= 11 is 0. The minimum atomic E-state index is -3.50. The molecule has 0 fully saturated rings. The molecule has 2 aromatic rings. The summed E-state index contributed by atoms with van der Waals surface area (Å²) in [4.78, 5) is 10.9. The van der Waals surface area contributed by atoms with Crippen LogP contribution in [0, 0.1) is 6.92 Å². The lowest BCUT2D eigenvalue weighted by molar-refractivity contribution is 0.100. The van der Waals surface area contributed by atoms with E-state index in [2.05, 4.69) is 4.72 Å². The van der Waals surface area contributed by atoms with Gasteiger partial charge in [0, 0.05) is 11.3 Å². The zero-order valence-corrected chi connectivity index (χ0v) is 12.4. The van der Waals surface area contributed by atoms with E-state index in [-0.39, 0.29) is 5.75 Å². The van der Waals surface area contributed by atoms with Gasteiger partial charge in [-0.1, -0.05) is 29.8 Å². The first-order chi connectivity index (χ1) is 9.85. The van der Waals surface area contributed by atoms with Crippen LogP contribution in [0.2, 0.25) is 0 Å². The van der Waals surface area contributed by atoms with Crippen LogP contribution in [-0.2, 0) is 15.8 Å². The van der Waals surface area contributed by atoms with Gasteiger partial charge in [0.2, 0.25) is 15.9 Å².